The molecule has 0 atom stereocenters. The number of halogens is 2. The Hall–Kier alpha value is -1.72. The highest BCUT2D eigenvalue weighted by Crippen LogP contribution is 2.20. The van der Waals surface area contributed by atoms with E-state index in [-0.39, 0.29) is 13.2 Å². The Labute approximate surface area is 135 Å². The van der Waals surface area contributed by atoms with Gasteiger partial charge in [0, 0.05) is 4.47 Å². The fourth-order valence-electron chi connectivity index (χ4n) is 1.56. The van der Waals surface area contributed by atoms with Crippen LogP contribution in [0.25, 0.3) is 0 Å². The normalized spacial score (nSPS) is 10.2. The maximum atomic E-state index is 11.8. The molecular weight excluding hydrogens is 358 g/mol. The number of nitrogen functional groups attached to an aromatic ring is 1. The largest absolute Gasteiger partial charge is 0.490 e. The summed E-state index contributed by atoms with van der Waals surface area (Å²) in [5.74, 6) is 0.251. The summed E-state index contributed by atoms with van der Waals surface area (Å²) < 4.78 is 11.5. The molecule has 2 aromatic carbocycles. The standard InChI is InChI=1S/C15H13BrClNO3/c16-11-2-4-12(5-3-11)20-7-8-21-15(19)10-1-6-14(18)13(17)9-10/h1-6,9H,7-8,18H2. The van der Waals surface area contributed by atoms with Crippen LogP contribution in [0, 0.1) is 0 Å². The van der Waals surface area contributed by atoms with Gasteiger partial charge >= 0.3 is 5.97 Å². The van der Waals surface area contributed by atoms with Gasteiger partial charge in [-0.05, 0) is 42.5 Å². The Morgan fingerprint density at radius 3 is 2.52 bits per heavy atom. The van der Waals surface area contributed by atoms with E-state index < -0.39 is 5.97 Å². The molecule has 6 heteroatoms. The third kappa shape index (κ3) is 4.65. The first kappa shape index (κ1) is 15.7. The van der Waals surface area contributed by atoms with Crippen LogP contribution in [-0.2, 0) is 4.74 Å². The minimum Gasteiger partial charge on any atom is -0.490 e. The van der Waals surface area contributed by atoms with Crippen molar-refractivity contribution in [2.24, 2.45) is 0 Å². The van der Waals surface area contributed by atoms with Crippen molar-refractivity contribution in [3.63, 3.8) is 0 Å². The second-order valence-electron chi connectivity index (χ2n) is 4.17. The van der Waals surface area contributed by atoms with E-state index in [0.717, 1.165) is 4.47 Å². The van der Waals surface area contributed by atoms with E-state index in [2.05, 4.69) is 15.9 Å². The Balaban J connectivity index is 1.79. The first-order chi connectivity index (χ1) is 10.1. The predicted molar refractivity (Wildman–Crippen MR) is 85.8 cm³/mol. The van der Waals surface area contributed by atoms with E-state index in [1.807, 2.05) is 24.3 Å². The van der Waals surface area contributed by atoms with Crippen LogP contribution in [0.4, 0.5) is 5.69 Å². The summed E-state index contributed by atoms with van der Waals surface area (Å²) in [7, 11) is 0. The molecule has 0 unspecified atom stereocenters. The molecule has 0 saturated heterocycles. The highest BCUT2D eigenvalue weighted by atomic mass is 79.9. The van der Waals surface area contributed by atoms with Gasteiger partial charge in [-0.1, -0.05) is 27.5 Å². The second kappa shape index (κ2) is 7.33. The number of carbonyl (C=O) groups excluding carboxylic acids is 1. The average Bonchev–Trinajstić information content (AvgIpc) is 2.48. The van der Waals surface area contributed by atoms with Crippen LogP contribution in [0.2, 0.25) is 5.02 Å². The molecule has 0 aliphatic carbocycles. The lowest BCUT2D eigenvalue weighted by atomic mass is 10.2. The molecule has 2 rings (SSSR count). The molecule has 0 aliphatic rings. The zero-order valence-electron chi connectivity index (χ0n) is 11.0. The van der Waals surface area contributed by atoms with Gasteiger partial charge in [-0.15, -0.1) is 0 Å². The minimum atomic E-state index is -0.462. The summed E-state index contributed by atoms with van der Waals surface area (Å²) in [6.45, 7) is 0.424. The van der Waals surface area contributed by atoms with Gasteiger partial charge in [-0.2, -0.15) is 0 Å². The molecule has 0 aliphatic heterocycles. The molecular formula is C15H13BrClNO3. The van der Waals surface area contributed by atoms with Crippen molar-refractivity contribution in [1.29, 1.82) is 0 Å². The van der Waals surface area contributed by atoms with Crippen LogP contribution in [0.5, 0.6) is 5.75 Å². The molecule has 0 bridgehead atoms. The van der Waals surface area contributed by atoms with E-state index in [4.69, 9.17) is 26.8 Å². The number of nitrogens with two attached hydrogens (primary N) is 1. The average molecular weight is 371 g/mol. The minimum absolute atomic E-state index is 0.150. The highest BCUT2D eigenvalue weighted by molar-refractivity contribution is 9.10. The number of benzene rings is 2. The maximum Gasteiger partial charge on any atom is 0.338 e. The van der Waals surface area contributed by atoms with Crippen molar-refractivity contribution < 1.29 is 14.3 Å². The summed E-state index contributed by atoms with van der Waals surface area (Å²) in [6.07, 6.45) is 0. The Bertz CT molecular complexity index is 631. The number of rotatable bonds is 5. The third-order valence-corrected chi connectivity index (χ3v) is 3.49. The monoisotopic (exact) mass is 369 g/mol. The lowest BCUT2D eigenvalue weighted by Gasteiger charge is -2.08. The molecule has 2 N–H and O–H groups in total. The Morgan fingerprint density at radius 2 is 1.86 bits per heavy atom. The Morgan fingerprint density at radius 1 is 1.14 bits per heavy atom. The summed E-state index contributed by atoms with van der Waals surface area (Å²) in [5, 5.41) is 0.329. The smallest absolute Gasteiger partial charge is 0.338 e. The van der Waals surface area contributed by atoms with Crippen LogP contribution < -0.4 is 10.5 Å². The van der Waals surface area contributed by atoms with E-state index in [1.54, 1.807) is 12.1 Å². The molecule has 21 heavy (non-hydrogen) atoms. The lowest BCUT2D eigenvalue weighted by molar-refractivity contribution is 0.0450. The van der Waals surface area contributed by atoms with Crippen molar-refractivity contribution in [2.75, 3.05) is 18.9 Å². The molecule has 0 heterocycles. The summed E-state index contributed by atoms with van der Waals surface area (Å²) in [5.41, 5.74) is 6.36. The molecule has 2 aromatic rings. The van der Waals surface area contributed by atoms with E-state index in [9.17, 15) is 4.79 Å². The van der Waals surface area contributed by atoms with E-state index >= 15 is 0 Å². The van der Waals surface area contributed by atoms with Crippen LogP contribution in [0.15, 0.2) is 46.9 Å². The van der Waals surface area contributed by atoms with Gasteiger partial charge in [0.15, 0.2) is 0 Å². The first-order valence-corrected chi connectivity index (χ1v) is 7.34. The summed E-state index contributed by atoms with van der Waals surface area (Å²) in [4.78, 5) is 11.8. The molecule has 0 radical (unpaired) electrons. The van der Waals surface area contributed by atoms with Gasteiger partial charge in [0.05, 0.1) is 16.3 Å². The fourth-order valence-corrected chi connectivity index (χ4v) is 2.01. The van der Waals surface area contributed by atoms with E-state index in [1.165, 1.54) is 6.07 Å². The van der Waals surface area contributed by atoms with Crippen molar-refractivity contribution in [1.82, 2.24) is 0 Å². The molecule has 0 spiro atoms. The van der Waals surface area contributed by atoms with Gasteiger partial charge < -0.3 is 15.2 Å². The lowest BCUT2D eigenvalue weighted by Crippen LogP contribution is -2.12. The predicted octanol–water partition coefficient (Wildman–Crippen LogP) is 3.92. The molecule has 0 fully saturated rings. The van der Waals surface area contributed by atoms with Gasteiger partial charge in [0.25, 0.3) is 0 Å². The number of ether oxygens (including phenoxy) is 2. The van der Waals surface area contributed by atoms with Gasteiger partial charge in [0.1, 0.15) is 19.0 Å². The van der Waals surface area contributed by atoms with Crippen LogP contribution in [0.3, 0.4) is 0 Å². The Kier molecular flexibility index (Phi) is 5.47. The SMILES string of the molecule is Nc1ccc(C(=O)OCCOc2ccc(Br)cc2)cc1Cl. The van der Waals surface area contributed by atoms with Crippen LogP contribution in [0.1, 0.15) is 10.4 Å². The fraction of sp³-hybridized carbons (Fsp3) is 0.133. The van der Waals surface area contributed by atoms with Crippen molar-refractivity contribution >= 4 is 39.2 Å². The molecule has 110 valence electrons. The topological polar surface area (TPSA) is 61.6 Å². The molecule has 4 nitrogen and oxygen atoms in total. The number of anilines is 1. The van der Waals surface area contributed by atoms with Gasteiger partial charge in [-0.3, -0.25) is 0 Å². The maximum absolute atomic E-state index is 11.8. The van der Waals surface area contributed by atoms with Crippen LogP contribution >= 0.6 is 27.5 Å². The van der Waals surface area contributed by atoms with Gasteiger partial charge in [-0.25, -0.2) is 4.79 Å². The highest BCUT2D eigenvalue weighted by Gasteiger charge is 2.09. The van der Waals surface area contributed by atoms with Crippen molar-refractivity contribution in [3.8, 4) is 5.75 Å². The number of hydrogen-bond acceptors (Lipinski definition) is 4. The molecule has 0 aromatic heterocycles. The van der Waals surface area contributed by atoms with Crippen LogP contribution in [-0.4, -0.2) is 19.2 Å². The van der Waals surface area contributed by atoms with Crippen molar-refractivity contribution in [2.45, 2.75) is 0 Å². The zero-order chi connectivity index (χ0) is 15.2. The summed E-state index contributed by atoms with van der Waals surface area (Å²) >= 11 is 9.19. The zero-order valence-corrected chi connectivity index (χ0v) is 13.4. The molecule has 0 saturated carbocycles. The summed E-state index contributed by atoms with van der Waals surface area (Å²) in [6, 6.07) is 12.0. The third-order valence-electron chi connectivity index (χ3n) is 2.64. The number of carbonyl (C=O) groups is 1. The number of hydrogen-bond donors (Lipinski definition) is 1. The van der Waals surface area contributed by atoms with E-state index in [0.29, 0.717) is 22.0 Å². The van der Waals surface area contributed by atoms with Crippen molar-refractivity contribution in [3.05, 3.63) is 57.5 Å². The second-order valence-corrected chi connectivity index (χ2v) is 5.50. The number of esters is 1. The quantitative estimate of drug-likeness (QED) is 0.492. The van der Waals surface area contributed by atoms with Gasteiger partial charge in [0.2, 0.25) is 0 Å². The first-order valence-electron chi connectivity index (χ1n) is 6.17. The molecule has 0 amide bonds.